The van der Waals surface area contributed by atoms with Gasteiger partial charge in [0.05, 0.1) is 44.4 Å². The molecule has 1 unspecified atom stereocenters. The van der Waals surface area contributed by atoms with Crippen LogP contribution >= 0.6 is 0 Å². The number of rotatable bonds is 10. The fourth-order valence-electron chi connectivity index (χ4n) is 7.40. The van der Waals surface area contributed by atoms with Crippen LogP contribution in [0.5, 0.6) is 5.75 Å². The maximum Gasteiger partial charge on any atom is 0.269 e. The van der Waals surface area contributed by atoms with Crippen molar-refractivity contribution in [2.45, 2.75) is 56.1 Å². The normalized spacial score (nSPS) is 23.1. The lowest BCUT2D eigenvalue weighted by Gasteiger charge is -2.37. The van der Waals surface area contributed by atoms with Gasteiger partial charge < -0.3 is 19.9 Å². The number of aliphatic hydroxyl groups is 1. The zero-order valence-corrected chi connectivity index (χ0v) is 26.7. The van der Waals surface area contributed by atoms with E-state index in [2.05, 4.69) is 40.9 Å². The van der Waals surface area contributed by atoms with E-state index in [0.29, 0.717) is 29.9 Å². The number of aryl methyl sites for hydroxylation is 1. The van der Waals surface area contributed by atoms with Crippen LogP contribution in [0.25, 0.3) is 0 Å². The number of nitro groups is 1. The smallest absolute Gasteiger partial charge is 0.269 e. The minimum atomic E-state index is -2.36. The molecule has 45 heavy (non-hydrogen) atoms. The highest BCUT2D eigenvalue weighted by Crippen LogP contribution is 2.59. The number of anilines is 1. The van der Waals surface area contributed by atoms with Crippen molar-refractivity contribution in [2.75, 3.05) is 19.0 Å². The molecule has 1 amide bonds. The number of amides is 1. The van der Waals surface area contributed by atoms with Gasteiger partial charge in [0.15, 0.2) is 5.60 Å². The minimum absolute atomic E-state index is 0.0284. The zero-order chi connectivity index (χ0) is 31.9. The summed E-state index contributed by atoms with van der Waals surface area (Å²) in [5.41, 5.74) is 1.20. The molecule has 0 radical (unpaired) electrons. The van der Waals surface area contributed by atoms with Crippen LogP contribution in [0.1, 0.15) is 36.1 Å². The van der Waals surface area contributed by atoms with Crippen LogP contribution < -0.4 is 15.2 Å². The van der Waals surface area contributed by atoms with Gasteiger partial charge in [0, 0.05) is 42.0 Å². The number of benzene rings is 3. The lowest BCUT2D eigenvalue weighted by atomic mass is 9.82. The predicted octanol–water partition coefficient (Wildman–Crippen LogP) is 4.58. The van der Waals surface area contributed by atoms with Crippen LogP contribution in [0, 0.1) is 16.0 Å². The number of aromatic nitrogens is 3. The number of hydrogen-bond acceptors (Lipinski definition) is 8. The molecular formula is C33H37N5O6Si. The summed E-state index contributed by atoms with van der Waals surface area (Å²) in [6, 6.07) is 22.3. The van der Waals surface area contributed by atoms with Crippen molar-refractivity contribution < 1.29 is 24.3 Å². The van der Waals surface area contributed by atoms with Gasteiger partial charge in [0.1, 0.15) is 5.75 Å². The Morgan fingerprint density at radius 1 is 1.16 bits per heavy atom. The van der Waals surface area contributed by atoms with Gasteiger partial charge in [-0.05, 0) is 35.7 Å². The molecule has 5 atom stereocenters. The van der Waals surface area contributed by atoms with Crippen molar-refractivity contribution in [3.8, 4) is 5.75 Å². The summed E-state index contributed by atoms with van der Waals surface area (Å²) in [7, 11) is -0.725. The molecule has 0 saturated carbocycles. The van der Waals surface area contributed by atoms with Crippen molar-refractivity contribution in [1.29, 1.82) is 0 Å². The van der Waals surface area contributed by atoms with E-state index in [-0.39, 0.29) is 41.7 Å². The summed E-state index contributed by atoms with van der Waals surface area (Å²) in [6.45, 7) is 6.98. The van der Waals surface area contributed by atoms with Gasteiger partial charge in [-0.1, -0.05) is 72.9 Å². The molecule has 1 spiro atoms. The van der Waals surface area contributed by atoms with Crippen LogP contribution in [0.3, 0.4) is 0 Å². The largest absolute Gasteiger partial charge is 0.497 e. The van der Waals surface area contributed by atoms with Crippen molar-refractivity contribution in [2.24, 2.45) is 5.92 Å². The number of nitrogens with one attached hydrogen (secondary N) is 1. The molecule has 0 bridgehead atoms. The monoisotopic (exact) mass is 627 g/mol. The summed E-state index contributed by atoms with van der Waals surface area (Å²) in [4.78, 5) is 25.1. The first-order chi connectivity index (χ1) is 21.6. The number of nitro benzene ring substituents is 1. The second-order valence-electron chi connectivity index (χ2n) is 12.4. The molecule has 2 aliphatic rings. The molecule has 234 valence electrons. The first kappa shape index (κ1) is 30.6. The summed E-state index contributed by atoms with van der Waals surface area (Å²) in [6.07, 6.45) is 2.04. The maximum absolute atomic E-state index is 13.8. The topological polar surface area (TPSA) is 142 Å². The number of ether oxygens (including phenoxy) is 2. The highest BCUT2D eigenvalue weighted by molar-refractivity contribution is 6.91. The Morgan fingerprint density at radius 2 is 1.89 bits per heavy atom. The number of carbonyl (C=O) groups is 1. The van der Waals surface area contributed by atoms with Gasteiger partial charge in [-0.2, -0.15) is 0 Å². The fourth-order valence-corrected chi connectivity index (χ4v) is 11.5. The maximum atomic E-state index is 13.8. The summed E-state index contributed by atoms with van der Waals surface area (Å²) < 4.78 is 14.1. The zero-order valence-electron chi connectivity index (χ0n) is 25.7. The molecule has 12 heteroatoms. The van der Waals surface area contributed by atoms with Gasteiger partial charge in [-0.25, -0.2) is 0 Å². The van der Waals surface area contributed by atoms with Gasteiger partial charge in [-0.3, -0.25) is 19.6 Å². The Kier molecular flexibility index (Phi) is 8.06. The van der Waals surface area contributed by atoms with E-state index in [1.807, 2.05) is 55.6 Å². The number of non-ortho nitro benzene ring substituents is 1. The van der Waals surface area contributed by atoms with Crippen molar-refractivity contribution in [1.82, 2.24) is 15.0 Å². The number of hydrogen-bond donors (Lipinski definition) is 2. The highest BCUT2D eigenvalue weighted by atomic mass is 28.3. The standard InChI is InChI=1S/C33H37N5O6Si/c1-21-31(45(3,4)25-13-11-24(43-2)12-14-25)30(44-33(21)27-18-23(38(41)42)10-15-28(27)34-32(33)40)16-17-37-19-29(35-36-37)26(20-39)22-8-6-5-7-9-22/h5-15,18-19,21,26,30-31,39H,16-17,20H2,1-4H3,(H,34,40)/t21-,26?,30+,31-,33+/m1/s1. The molecule has 6 rings (SSSR count). The highest BCUT2D eigenvalue weighted by Gasteiger charge is 2.64. The Morgan fingerprint density at radius 3 is 2.56 bits per heavy atom. The van der Waals surface area contributed by atoms with Crippen LogP contribution in [0.4, 0.5) is 11.4 Å². The summed E-state index contributed by atoms with van der Waals surface area (Å²) >= 11 is 0. The molecular weight excluding hydrogens is 590 g/mol. The van der Waals surface area contributed by atoms with Gasteiger partial charge >= 0.3 is 0 Å². The summed E-state index contributed by atoms with van der Waals surface area (Å²) in [5.74, 6) is -0.108. The van der Waals surface area contributed by atoms with Crippen LogP contribution in [-0.2, 0) is 21.7 Å². The molecule has 2 aliphatic heterocycles. The van der Waals surface area contributed by atoms with Crippen molar-refractivity contribution >= 4 is 30.5 Å². The molecule has 1 aromatic heterocycles. The number of aliphatic hydroxyl groups excluding tert-OH is 1. The third kappa shape index (κ3) is 5.22. The third-order valence-electron chi connectivity index (χ3n) is 9.73. The molecule has 3 aromatic carbocycles. The molecule has 1 fully saturated rings. The fraction of sp³-hybridized carbons (Fsp3) is 0.364. The quantitative estimate of drug-likeness (QED) is 0.148. The van der Waals surface area contributed by atoms with Crippen molar-refractivity contribution in [3.63, 3.8) is 0 Å². The van der Waals surface area contributed by atoms with E-state index in [4.69, 9.17) is 9.47 Å². The van der Waals surface area contributed by atoms with E-state index < -0.39 is 18.6 Å². The van der Waals surface area contributed by atoms with E-state index in [0.717, 1.165) is 11.3 Å². The van der Waals surface area contributed by atoms with E-state index in [1.165, 1.54) is 17.3 Å². The average molecular weight is 628 g/mol. The Labute approximate surface area is 262 Å². The minimum Gasteiger partial charge on any atom is -0.497 e. The Hall–Kier alpha value is -4.39. The van der Waals surface area contributed by atoms with Gasteiger partial charge in [-0.15, -0.1) is 5.10 Å². The van der Waals surface area contributed by atoms with Gasteiger partial charge in [0.25, 0.3) is 11.6 Å². The molecule has 4 aromatic rings. The number of fused-ring (bicyclic) bond motifs is 2. The second-order valence-corrected chi connectivity index (χ2v) is 17.1. The van der Waals surface area contributed by atoms with E-state index >= 15 is 0 Å². The van der Waals surface area contributed by atoms with Crippen LogP contribution in [-0.4, -0.2) is 58.8 Å². The molecule has 0 aliphatic carbocycles. The molecule has 2 N–H and O–H groups in total. The third-order valence-corrected chi connectivity index (χ3v) is 14.1. The van der Waals surface area contributed by atoms with Crippen molar-refractivity contribution in [3.05, 3.63) is 106 Å². The van der Waals surface area contributed by atoms with E-state index in [9.17, 15) is 20.0 Å². The number of carbonyl (C=O) groups excluding carboxylic acids is 1. The van der Waals surface area contributed by atoms with Crippen LogP contribution in [0.2, 0.25) is 18.6 Å². The second kappa shape index (κ2) is 11.8. The van der Waals surface area contributed by atoms with Gasteiger partial charge in [0.2, 0.25) is 0 Å². The molecule has 3 heterocycles. The SMILES string of the molecule is COc1ccc([Si](C)(C)[C@H]2[C@H](CCn3cc(C(CO)c4ccccc4)nn3)O[C@@]3(C(=O)Nc4ccc([N+](=O)[O-])cc43)[C@@H]2C)cc1. The summed E-state index contributed by atoms with van der Waals surface area (Å²) in [5, 5.41) is 34.8. The first-order valence-corrected chi connectivity index (χ1v) is 18.2. The van der Waals surface area contributed by atoms with Crippen LogP contribution in [0.15, 0.2) is 79.0 Å². The number of methoxy groups -OCH3 is 1. The lowest BCUT2D eigenvalue weighted by molar-refractivity contribution is -0.385. The first-order valence-electron chi connectivity index (χ1n) is 15.1. The lowest BCUT2D eigenvalue weighted by Crippen LogP contribution is -2.51. The Balaban J connectivity index is 1.35. The molecule has 1 saturated heterocycles. The predicted molar refractivity (Wildman–Crippen MR) is 171 cm³/mol. The average Bonchev–Trinajstić information content (AvgIpc) is 3.71. The number of nitrogens with zero attached hydrogens (tertiary/aromatic N) is 4. The van der Waals surface area contributed by atoms with E-state index in [1.54, 1.807) is 17.9 Å². The Bertz CT molecular complexity index is 1710. The molecule has 11 nitrogen and oxygen atoms in total.